The van der Waals surface area contributed by atoms with Gasteiger partial charge in [-0.2, -0.15) is 0 Å². The molecule has 0 bridgehead atoms. The van der Waals surface area contributed by atoms with Crippen molar-refractivity contribution >= 4 is 5.91 Å². The minimum absolute atomic E-state index is 0.137. The second kappa shape index (κ2) is 11.0. The number of ether oxygens (including phenoxy) is 2. The van der Waals surface area contributed by atoms with E-state index in [-0.39, 0.29) is 11.7 Å². The zero-order chi connectivity index (χ0) is 23.1. The van der Waals surface area contributed by atoms with Crippen LogP contribution >= 0.6 is 0 Å². The zero-order valence-electron chi connectivity index (χ0n) is 19.5. The molecular formula is C28H34FNO3. The van der Waals surface area contributed by atoms with Gasteiger partial charge in [0.25, 0.3) is 0 Å². The van der Waals surface area contributed by atoms with Gasteiger partial charge in [0.2, 0.25) is 5.91 Å². The van der Waals surface area contributed by atoms with Crippen LogP contribution in [0.4, 0.5) is 4.39 Å². The predicted molar refractivity (Wildman–Crippen MR) is 129 cm³/mol. The molecule has 1 aliphatic carbocycles. The van der Waals surface area contributed by atoms with Crippen LogP contribution < -0.4 is 10.1 Å². The summed E-state index contributed by atoms with van der Waals surface area (Å²) in [6, 6.07) is 12.6. The Morgan fingerprint density at radius 1 is 1.12 bits per heavy atom. The van der Waals surface area contributed by atoms with Gasteiger partial charge in [-0.15, -0.1) is 0 Å². The molecule has 1 heterocycles. The molecule has 1 saturated heterocycles. The van der Waals surface area contributed by atoms with Gasteiger partial charge < -0.3 is 14.8 Å². The third-order valence-corrected chi connectivity index (χ3v) is 7.02. The Labute approximate surface area is 196 Å². The lowest BCUT2D eigenvalue weighted by Gasteiger charge is -2.36. The minimum Gasteiger partial charge on any atom is -0.496 e. The zero-order valence-corrected chi connectivity index (χ0v) is 19.5. The summed E-state index contributed by atoms with van der Waals surface area (Å²) in [5.41, 5.74) is 3.74. The molecule has 0 unspecified atom stereocenters. The van der Waals surface area contributed by atoms with E-state index in [2.05, 4.69) is 11.4 Å². The molecule has 0 spiro atoms. The van der Waals surface area contributed by atoms with Gasteiger partial charge in [0.1, 0.15) is 11.6 Å². The lowest BCUT2D eigenvalue weighted by atomic mass is 9.74. The van der Waals surface area contributed by atoms with Crippen molar-refractivity contribution in [2.45, 2.75) is 51.4 Å². The van der Waals surface area contributed by atoms with Crippen LogP contribution in [0, 0.1) is 11.2 Å². The quantitative estimate of drug-likeness (QED) is 0.513. The molecule has 1 fully saturated rings. The summed E-state index contributed by atoms with van der Waals surface area (Å²) in [5.74, 6) is 0.479. The highest BCUT2D eigenvalue weighted by Crippen LogP contribution is 2.36. The molecule has 0 aromatic heterocycles. The monoisotopic (exact) mass is 451 g/mol. The number of hydrogen-bond donors (Lipinski definition) is 1. The predicted octanol–water partition coefficient (Wildman–Crippen LogP) is 5.85. The number of nitrogens with one attached hydrogen (secondary N) is 1. The van der Waals surface area contributed by atoms with Crippen molar-refractivity contribution in [2.75, 3.05) is 26.9 Å². The molecule has 2 aliphatic rings. The number of hydrogen-bond acceptors (Lipinski definition) is 3. The Hall–Kier alpha value is -2.66. The van der Waals surface area contributed by atoms with Crippen molar-refractivity contribution in [3.05, 3.63) is 65.5 Å². The number of carbonyl (C=O) groups is 1. The highest BCUT2D eigenvalue weighted by Gasteiger charge is 2.39. The second-order valence-electron chi connectivity index (χ2n) is 9.23. The van der Waals surface area contributed by atoms with E-state index in [1.807, 2.05) is 24.3 Å². The highest BCUT2D eigenvalue weighted by molar-refractivity contribution is 5.83. The first kappa shape index (κ1) is 23.5. The number of carbonyl (C=O) groups excluding carboxylic acids is 1. The van der Waals surface area contributed by atoms with Crippen molar-refractivity contribution in [3.8, 4) is 16.9 Å². The van der Waals surface area contributed by atoms with Crippen molar-refractivity contribution in [1.82, 2.24) is 5.32 Å². The molecule has 33 heavy (non-hydrogen) atoms. The average molecular weight is 452 g/mol. The Morgan fingerprint density at radius 2 is 1.91 bits per heavy atom. The number of rotatable bonds is 8. The molecule has 0 saturated carbocycles. The van der Waals surface area contributed by atoms with Gasteiger partial charge in [0, 0.05) is 25.3 Å². The molecule has 4 rings (SSSR count). The Bertz CT molecular complexity index is 977. The Balaban J connectivity index is 1.45. The Kier molecular flexibility index (Phi) is 7.81. The number of methoxy groups -OCH3 is 1. The second-order valence-corrected chi connectivity index (χ2v) is 9.23. The van der Waals surface area contributed by atoms with Crippen LogP contribution in [0.25, 0.3) is 11.1 Å². The SMILES string of the molecule is COc1ccc(F)cc1-c1ccc(CC2(C(=O)NCCC3=CCCCC3)CCOCC2)cc1. The summed E-state index contributed by atoms with van der Waals surface area (Å²) in [7, 11) is 1.59. The number of benzene rings is 2. The molecular weight excluding hydrogens is 417 g/mol. The fraction of sp³-hybridized carbons (Fsp3) is 0.464. The maximum Gasteiger partial charge on any atom is 0.226 e. The summed E-state index contributed by atoms with van der Waals surface area (Å²) in [4.78, 5) is 13.3. The maximum absolute atomic E-state index is 13.8. The van der Waals surface area contributed by atoms with Gasteiger partial charge in [-0.3, -0.25) is 4.79 Å². The fourth-order valence-corrected chi connectivity index (χ4v) is 5.00. The topological polar surface area (TPSA) is 47.6 Å². The largest absolute Gasteiger partial charge is 0.496 e. The van der Waals surface area contributed by atoms with Crippen molar-refractivity contribution in [3.63, 3.8) is 0 Å². The summed E-state index contributed by atoms with van der Waals surface area (Å²) in [6.45, 7) is 1.92. The van der Waals surface area contributed by atoms with Crippen LogP contribution in [0.15, 0.2) is 54.1 Å². The van der Waals surface area contributed by atoms with Crippen molar-refractivity contribution in [1.29, 1.82) is 0 Å². The molecule has 1 amide bonds. The van der Waals surface area contributed by atoms with Crippen LogP contribution in [0.1, 0.15) is 50.5 Å². The molecule has 4 nitrogen and oxygen atoms in total. The molecule has 1 aliphatic heterocycles. The average Bonchev–Trinajstić information content (AvgIpc) is 2.85. The van der Waals surface area contributed by atoms with Crippen molar-refractivity contribution in [2.24, 2.45) is 5.41 Å². The molecule has 5 heteroatoms. The van der Waals surface area contributed by atoms with Crippen LogP contribution in [-0.4, -0.2) is 32.8 Å². The number of amides is 1. The Morgan fingerprint density at radius 3 is 2.61 bits per heavy atom. The first-order valence-corrected chi connectivity index (χ1v) is 12.1. The first-order chi connectivity index (χ1) is 16.1. The van der Waals surface area contributed by atoms with E-state index < -0.39 is 5.41 Å². The van der Waals surface area contributed by atoms with Gasteiger partial charge >= 0.3 is 0 Å². The van der Waals surface area contributed by atoms with E-state index in [1.165, 1.54) is 37.0 Å². The van der Waals surface area contributed by atoms with E-state index in [0.717, 1.165) is 42.4 Å². The molecule has 1 N–H and O–H groups in total. The molecule has 0 atom stereocenters. The third-order valence-electron chi connectivity index (χ3n) is 7.02. The fourth-order valence-electron chi connectivity index (χ4n) is 5.00. The number of halogens is 1. The van der Waals surface area contributed by atoms with Gasteiger partial charge in [0.05, 0.1) is 12.5 Å². The smallest absolute Gasteiger partial charge is 0.226 e. The standard InChI is InChI=1S/C28H34FNO3/c1-32-26-12-11-24(29)19-25(26)23-9-7-22(8-10-23)20-28(14-17-33-18-15-28)27(31)30-16-13-21-5-3-2-4-6-21/h5,7-12,19H,2-4,6,13-18,20H2,1H3,(H,30,31). The van der Waals surface area contributed by atoms with E-state index >= 15 is 0 Å². The first-order valence-electron chi connectivity index (χ1n) is 12.1. The molecule has 2 aromatic carbocycles. The van der Waals surface area contributed by atoms with E-state index in [9.17, 15) is 9.18 Å². The summed E-state index contributed by atoms with van der Waals surface area (Å²) in [6.07, 6.45) is 10.3. The molecule has 176 valence electrons. The summed E-state index contributed by atoms with van der Waals surface area (Å²) < 4.78 is 24.8. The summed E-state index contributed by atoms with van der Waals surface area (Å²) in [5, 5.41) is 3.23. The van der Waals surface area contributed by atoms with Gasteiger partial charge in [-0.05, 0) is 80.7 Å². The molecule has 2 aromatic rings. The van der Waals surface area contributed by atoms with Crippen LogP contribution in [0.2, 0.25) is 0 Å². The highest BCUT2D eigenvalue weighted by atomic mass is 19.1. The lowest BCUT2D eigenvalue weighted by molar-refractivity contribution is -0.136. The van der Waals surface area contributed by atoms with Crippen LogP contribution in [-0.2, 0) is 16.0 Å². The van der Waals surface area contributed by atoms with Crippen LogP contribution in [0.3, 0.4) is 0 Å². The third kappa shape index (κ3) is 5.83. The minimum atomic E-state index is -0.447. The molecule has 0 radical (unpaired) electrons. The van der Waals surface area contributed by atoms with E-state index in [0.29, 0.717) is 31.9 Å². The van der Waals surface area contributed by atoms with Gasteiger partial charge in [0.15, 0.2) is 0 Å². The van der Waals surface area contributed by atoms with Gasteiger partial charge in [-0.25, -0.2) is 4.39 Å². The number of allylic oxidation sites excluding steroid dienone is 1. The summed E-state index contributed by atoms with van der Waals surface area (Å²) >= 11 is 0. The van der Waals surface area contributed by atoms with E-state index in [1.54, 1.807) is 13.2 Å². The maximum atomic E-state index is 13.8. The lowest BCUT2D eigenvalue weighted by Crippen LogP contribution is -2.46. The van der Waals surface area contributed by atoms with Crippen LogP contribution in [0.5, 0.6) is 5.75 Å². The normalized spacial score (nSPS) is 17.8. The van der Waals surface area contributed by atoms with Crippen molar-refractivity contribution < 1.29 is 18.7 Å². The van der Waals surface area contributed by atoms with Gasteiger partial charge in [-0.1, -0.05) is 35.9 Å². The van der Waals surface area contributed by atoms with E-state index in [4.69, 9.17) is 9.47 Å².